The maximum Gasteiger partial charge on any atom is 0.326 e. The van der Waals surface area contributed by atoms with Crippen LogP contribution in [0.15, 0.2) is 88.3 Å². The summed E-state index contributed by atoms with van der Waals surface area (Å²) in [5.74, 6) is -0.0114. The number of furan rings is 1. The van der Waals surface area contributed by atoms with Gasteiger partial charge >= 0.3 is 5.97 Å². The maximum absolute atomic E-state index is 14.0. The number of aryl methyl sites for hydroxylation is 1. The lowest BCUT2D eigenvalue weighted by atomic mass is 10.1. The van der Waals surface area contributed by atoms with Gasteiger partial charge in [-0.25, -0.2) is 8.42 Å². The van der Waals surface area contributed by atoms with E-state index in [9.17, 15) is 13.2 Å². The molecule has 2 heterocycles. The first-order valence-electron chi connectivity index (χ1n) is 12.9. The summed E-state index contributed by atoms with van der Waals surface area (Å²) < 4.78 is 40.4. The van der Waals surface area contributed by atoms with Crippen LogP contribution >= 0.6 is 0 Å². The second-order valence-electron chi connectivity index (χ2n) is 9.32. The Bertz CT molecular complexity index is 1860. The molecule has 0 bridgehead atoms. The molecular formula is C30H29N5O5S. The molecule has 0 aliphatic heterocycles. The van der Waals surface area contributed by atoms with Crippen LogP contribution in [0.3, 0.4) is 0 Å². The Balaban J connectivity index is 1.50. The normalized spacial score (nSPS) is 11.5. The van der Waals surface area contributed by atoms with Crippen molar-refractivity contribution in [3.8, 4) is 0 Å². The summed E-state index contributed by atoms with van der Waals surface area (Å²) in [7, 11) is -4.23. The minimum atomic E-state index is -4.23. The second-order valence-corrected chi connectivity index (χ2v) is 11.2. The average Bonchev–Trinajstić information content (AvgIpc) is 3.29. The first-order chi connectivity index (χ1) is 19.7. The summed E-state index contributed by atoms with van der Waals surface area (Å²) in [6.07, 6.45) is 1.53. The van der Waals surface area contributed by atoms with Crippen molar-refractivity contribution in [1.29, 1.82) is 5.41 Å². The highest BCUT2D eigenvalue weighted by Crippen LogP contribution is 2.33. The number of amidine groups is 1. The van der Waals surface area contributed by atoms with Crippen LogP contribution in [0.1, 0.15) is 23.8 Å². The zero-order valence-corrected chi connectivity index (χ0v) is 23.4. The van der Waals surface area contributed by atoms with Crippen LogP contribution in [-0.4, -0.2) is 38.4 Å². The monoisotopic (exact) mass is 571 g/mol. The molecular weight excluding hydrogens is 542 g/mol. The molecule has 11 heteroatoms. The van der Waals surface area contributed by atoms with Crippen LogP contribution < -0.4 is 15.4 Å². The number of sulfonamides is 1. The lowest BCUT2D eigenvalue weighted by molar-refractivity contribution is -0.141. The van der Waals surface area contributed by atoms with E-state index in [-0.39, 0.29) is 23.0 Å². The van der Waals surface area contributed by atoms with E-state index in [0.717, 1.165) is 20.9 Å². The molecule has 0 fully saturated rings. The highest BCUT2D eigenvalue weighted by atomic mass is 32.2. The third-order valence-electron chi connectivity index (χ3n) is 6.70. The SMILES string of the molecule is CCOC(=O)CN(c1ccc2c(C)c(CNc3ccc(C(=N)N)cc3)oc2c1)S(=O)(=O)c1cccc2cccnc12. The minimum Gasteiger partial charge on any atom is -0.465 e. The van der Waals surface area contributed by atoms with E-state index < -0.39 is 22.5 Å². The Labute approximate surface area is 237 Å². The number of ether oxygens (including phenoxy) is 1. The van der Waals surface area contributed by atoms with Gasteiger partial charge in [-0.3, -0.25) is 19.5 Å². The molecule has 0 aliphatic rings. The van der Waals surface area contributed by atoms with E-state index in [2.05, 4.69) is 10.3 Å². The van der Waals surface area contributed by atoms with Crippen molar-refractivity contribution in [1.82, 2.24) is 4.98 Å². The summed E-state index contributed by atoms with van der Waals surface area (Å²) >= 11 is 0. The number of benzene rings is 3. The van der Waals surface area contributed by atoms with E-state index in [4.69, 9.17) is 20.3 Å². The Morgan fingerprint density at radius 3 is 2.59 bits per heavy atom. The Hall–Kier alpha value is -4.90. The summed E-state index contributed by atoms with van der Waals surface area (Å²) in [4.78, 5) is 16.9. The lowest BCUT2D eigenvalue weighted by Gasteiger charge is -2.24. The van der Waals surface area contributed by atoms with E-state index in [1.54, 1.807) is 61.5 Å². The van der Waals surface area contributed by atoms with Gasteiger partial charge in [-0.05, 0) is 62.4 Å². The number of carbonyl (C=O) groups is 1. The number of hydrogen-bond acceptors (Lipinski definition) is 8. The number of para-hydroxylation sites is 1. The van der Waals surface area contributed by atoms with Crippen molar-refractivity contribution in [3.05, 3.63) is 95.9 Å². The number of nitrogen functional groups attached to an aromatic ring is 1. The molecule has 0 saturated carbocycles. The van der Waals surface area contributed by atoms with Gasteiger partial charge < -0.3 is 20.2 Å². The number of hydrogen-bond donors (Lipinski definition) is 3. The topological polar surface area (TPSA) is 152 Å². The number of esters is 1. The minimum absolute atomic E-state index is 0.00351. The number of fused-ring (bicyclic) bond motifs is 2. The third kappa shape index (κ3) is 5.57. The van der Waals surface area contributed by atoms with Crippen molar-refractivity contribution in [2.24, 2.45) is 5.73 Å². The molecule has 0 radical (unpaired) electrons. The van der Waals surface area contributed by atoms with Gasteiger partial charge in [-0.2, -0.15) is 0 Å². The predicted molar refractivity (Wildman–Crippen MR) is 159 cm³/mol. The number of rotatable bonds is 10. The van der Waals surface area contributed by atoms with Crippen LogP contribution in [0.4, 0.5) is 11.4 Å². The Morgan fingerprint density at radius 1 is 1.10 bits per heavy atom. The molecule has 0 atom stereocenters. The molecule has 0 spiro atoms. The zero-order valence-electron chi connectivity index (χ0n) is 22.5. The highest BCUT2D eigenvalue weighted by Gasteiger charge is 2.30. The van der Waals surface area contributed by atoms with Crippen LogP contribution in [0.2, 0.25) is 0 Å². The zero-order chi connectivity index (χ0) is 29.1. The number of anilines is 2. The van der Waals surface area contributed by atoms with Crippen molar-refractivity contribution < 1.29 is 22.4 Å². The molecule has 5 rings (SSSR count). The second kappa shape index (κ2) is 11.3. The van der Waals surface area contributed by atoms with Crippen molar-refractivity contribution >= 4 is 55.1 Å². The smallest absolute Gasteiger partial charge is 0.326 e. The van der Waals surface area contributed by atoms with Crippen molar-refractivity contribution in [3.63, 3.8) is 0 Å². The van der Waals surface area contributed by atoms with Crippen molar-refractivity contribution in [2.75, 3.05) is 22.8 Å². The van der Waals surface area contributed by atoms with Crippen LogP contribution in [0, 0.1) is 12.3 Å². The summed E-state index contributed by atoms with van der Waals surface area (Å²) in [5.41, 5.74) is 8.92. The molecule has 0 amide bonds. The molecule has 210 valence electrons. The number of nitrogens with two attached hydrogens (primary N) is 1. The number of nitrogens with zero attached hydrogens (tertiary/aromatic N) is 2. The van der Waals surface area contributed by atoms with E-state index in [1.807, 2.05) is 19.1 Å². The van der Waals surface area contributed by atoms with Gasteiger partial charge in [0.1, 0.15) is 28.6 Å². The van der Waals surface area contributed by atoms with Gasteiger partial charge in [-0.15, -0.1) is 0 Å². The van der Waals surface area contributed by atoms with Crippen molar-refractivity contribution in [2.45, 2.75) is 25.3 Å². The van der Waals surface area contributed by atoms with E-state index >= 15 is 0 Å². The van der Waals surface area contributed by atoms with E-state index in [0.29, 0.717) is 34.4 Å². The predicted octanol–water partition coefficient (Wildman–Crippen LogP) is 4.94. The fraction of sp³-hybridized carbons (Fsp3) is 0.167. The first kappa shape index (κ1) is 27.7. The maximum atomic E-state index is 14.0. The quantitative estimate of drug-likeness (QED) is 0.121. The number of pyridine rings is 1. The standard InChI is InChI=1S/C30H29N5O5S/c1-3-39-28(36)18-35(41(37,38)27-8-4-6-20-7-5-15-33-29(20)27)23-13-14-24-19(2)26(40-25(24)16-23)17-34-22-11-9-21(10-12-22)30(31)32/h4-16,34H,3,17-18H2,1-2H3,(H3,31,32). The molecule has 5 aromatic rings. The van der Waals surface area contributed by atoms with Gasteiger partial charge in [0, 0.05) is 39.8 Å². The van der Waals surface area contributed by atoms with Crippen LogP contribution in [0.25, 0.3) is 21.9 Å². The van der Waals surface area contributed by atoms with Gasteiger partial charge in [0.2, 0.25) is 0 Å². The molecule has 0 unspecified atom stereocenters. The van der Waals surface area contributed by atoms with Gasteiger partial charge in [0.25, 0.3) is 10.0 Å². The molecule has 41 heavy (non-hydrogen) atoms. The lowest BCUT2D eigenvalue weighted by Crippen LogP contribution is -2.36. The number of nitrogens with one attached hydrogen (secondary N) is 2. The van der Waals surface area contributed by atoms with Gasteiger partial charge in [-0.1, -0.05) is 18.2 Å². The van der Waals surface area contributed by atoms with Crippen LogP contribution in [0.5, 0.6) is 0 Å². The fourth-order valence-corrected chi connectivity index (χ4v) is 6.15. The largest absolute Gasteiger partial charge is 0.465 e. The molecule has 0 saturated heterocycles. The molecule has 2 aromatic heterocycles. The van der Waals surface area contributed by atoms with Crippen LogP contribution in [-0.2, 0) is 26.1 Å². The molecule has 3 aromatic carbocycles. The highest BCUT2D eigenvalue weighted by molar-refractivity contribution is 7.93. The average molecular weight is 572 g/mol. The first-order valence-corrected chi connectivity index (χ1v) is 14.4. The molecule has 4 N–H and O–H groups in total. The van der Waals surface area contributed by atoms with Gasteiger partial charge in [0.05, 0.1) is 24.4 Å². The Kier molecular flexibility index (Phi) is 7.62. The summed E-state index contributed by atoms with van der Waals surface area (Å²) in [5, 5.41) is 12.3. The third-order valence-corrected chi connectivity index (χ3v) is 8.50. The molecule has 0 aliphatic carbocycles. The number of aromatic nitrogens is 1. The summed E-state index contributed by atoms with van der Waals surface area (Å²) in [6, 6.07) is 20.6. The Morgan fingerprint density at radius 2 is 1.85 bits per heavy atom. The summed E-state index contributed by atoms with van der Waals surface area (Å²) in [6.45, 7) is 3.57. The van der Waals surface area contributed by atoms with Gasteiger partial charge in [0.15, 0.2) is 0 Å². The fourth-order valence-electron chi connectivity index (χ4n) is 4.58. The number of carbonyl (C=O) groups excluding carboxylic acids is 1. The van der Waals surface area contributed by atoms with E-state index in [1.165, 1.54) is 12.3 Å². The molecule has 10 nitrogen and oxygen atoms in total.